The van der Waals surface area contributed by atoms with Gasteiger partial charge in [0.1, 0.15) is 36.3 Å². The van der Waals surface area contributed by atoms with E-state index in [0.29, 0.717) is 12.8 Å². The average Bonchev–Trinajstić information content (AvgIpc) is 3.73. The number of aliphatic hydroxyl groups is 3. The normalized spacial score (nSPS) is 22.4. The predicted octanol–water partition coefficient (Wildman–Crippen LogP) is -2.31. The van der Waals surface area contributed by atoms with Crippen LogP contribution >= 0.6 is 35.2 Å². The minimum atomic E-state index is -5.95. The zero-order valence-corrected chi connectivity index (χ0v) is 36.9. The van der Waals surface area contributed by atoms with Crippen molar-refractivity contribution in [3.05, 3.63) is 48.5 Å². The van der Waals surface area contributed by atoms with Crippen molar-refractivity contribution >= 4 is 69.1 Å². The molecule has 346 valence electrons. The minimum absolute atomic E-state index is 0.0297. The molecule has 1 aliphatic rings. The summed E-state index contributed by atoms with van der Waals surface area (Å²) in [5, 5.41) is 36.4. The Morgan fingerprint density at radius 1 is 1.03 bits per heavy atom. The number of carbonyl (C=O) groups excluding carboxylic acids is 3. The molecule has 0 saturated carbocycles. The van der Waals surface area contributed by atoms with E-state index in [1.165, 1.54) is 20.8 Å². The highest BCUT2D eigenvalue weighted by atomic mass is 32.2. The quantitative estimate of drug-likeness (QED) is 0.0406. The number of aliphatic hydroxyl groups excluding tert-OH is 3. The van der Waals surface area contributed by atoms with Gasteiger partial charge in [0.05, 0.1) is 33.5 Å². The third-order valence-electron chi connectivity index (χ3n) is 9.24. The Bertz CT molecular complexity index is 2170. The number of thioether (sulfide) groups is 1. The highest BCUT2D eigenvalue weighted by molar-refractivity contribution is 8.13. The van der Waals surface area contributed by atoms with Crippen LogP contribution in [0, 0.1) is 5.41 Å². The number of imidazole rings is 1. The van der Waals surface area contributed by atoms with Gasteiger partial charge in [-0.05, 0) is 25.3 Å². The minimum Gasteiger partial charge on any atom is -0.790 e. The van der Waals surface area contributed by atoms with E-state index in [-0.39, 0.29) is 53.8 Å². The molecule has 0 spiro atoms. The molecule has 1 aliphatic heterocycles. The number of rotatable bonds is 24. The topological polar surface area (TPSA) is 395 Å². The Labute approximate surface area is 358 Å². The Morgan fingerprint density at radius 3 is 2.39 bits per heavy atom. The fourth-order valence-electron chi connectivity index (χ4n) is 5.92. The van der Waals surface area contributed by atoms with Crippen molar-refractivity contribution in [1.82, 2.24) is 30.2 Å². The van der Waals surface area contributed by atoms with E-state index in [2.05, 4.69) is 43.5 Å². The number of nitrogens with zero attached hydrogens (tertiary/aromatic N) is 4. The SMILES string of the molecule is CC(C)(COP(=O)([O-])OP(=O)([O-])OCC1OC(C)(n2cnc3c(N)ncnc32)C(O)C1OP(=O)([O-])[O-])C(O)C(=O)NCCC(=O)NCCSC(=O)CC(O)CCc1ccccc1. The van der Waals surface area contributed by atoms with Crippen LogP contribution in [-0.2, 0) is 62.8 Å². The Balaban J connectivity index is 1.19. The lowest BCUT2D eigenvalue weighted by Crippen LogP contribution is -2.46. The summed E-state index contributed by atoms with van der Waals surface area (Å²) < 4.78 is 61.2. The molecule has 29 heteroatoms. The van der Waals surface area contributed by atoms with Crippen LogP contribution in [-0.4, -0.2) is 114 Å². The molecular formula is C33H46N7O18P3S-4. The molecule has 8 atom stereocenters. The zero-order valence-electron chi connectivity index (χ0n) is 33.4. The molecule has 2 aromatic heterocycles. The monoisotopic (exact) mass is 953 g/mol. The van der Waals surface area contributed by atoms with Crippen LogP contribution in [0.1, 0.15) is 45.6 Å². The predicted molar refractivity (Wildman–Crippen MR) is 208 cm³/mol. The molecule has 7 N–H and O–H groups in total. The van der Waals surface area contributed by atoms with Gasteiger partial charge in [0.15, 0.2) is 22.3 Å². The van der Waals surface area contributed by atoms with Crippen LogP contribution in [0.3, 0.4) is 0 Å². The number of nitrogen functional groups attached to an aromatic ring is 1. The molecule has 1 aromatic carbocycles. The lowest BCUT2D eigenvalue weighted by atomic mass is 9.87. The highest BCUT2D eigenvalue weighted by Crippen LogP contribution is 2.56. The molecule has 0 aliphatic carbocycles. The third kappa shape index (κ3) is 14.9. The van der Waals surface area contributed by atoms with Crippen molar-refractivity contribution in [2.45, 2.75) is 82.7 Å². The molecule has 25 nitrogen and oxygen atoms in total. The van der Waals surface area contributed by atoms with Gasteiger partial charge in [0, 0.05) is 37.1 Å². The Kier molecular flexibility index (Phi) is 17.9. The highest BCUT2D eigenvalue weighted by Gasteiger charge is 2.55. The second-order valence-electron chi connectivity index (χ2n) is 14.6. The number of phosphoric acid groups is 3. The van der Waals surface area contributed by atoms with Gasteiger partial charge in [-0.3, -0.25) is 28.1 Å². The van der Waals surface area contributed by atoms with E-state index in [0.717, 1.165) is 34.5 Å². The van der Waals surface area contributed by atoms with Gasteiger partial charge in [-0.2, -0.15) is 0 Å². The number of ether oxygens (including phenoxy) is 1. The van der Waals surface area contributed by atoms with E-state index < -0.39 is 90.2 Å². The number of hydrogen-bond acceptors (Lipinski definition) is 23. The van der Waals surface area contributed by atoms with Crippen LogP contribution in [0.25, 0.3) is 11.2 Å². The Morgan fingerprint density at radius 2 is 1.71 bits per heavy atom. The van der Waals surface area contributed by atoms with Crippen LogP contribution in [0.4, 0.5) is 5.82 Å². The molecular weight excluding hydrogens is 907 g/mol. The smallest absolute Gasteiger partial charge is 0.274 e. The van der Waals surface area contributed by atoms with Crippen molar-refractivity contribution in [2.24, 2.45) is 5.41 Å². The van der Waals surface area contributed by atoms with Crippen molar-refractivity contribution in [1.29, 1.82) is 0 Å². The number of aryl methyl sites for hydroxylation is 1. The Hall–Kier alpha value is -3.26. The summed E-state index contributed by atoms with van der Waals surface area (Å²) in [5.41, 5.74) is 3.03. The summed E-state index contributed by atoms with van der Waals surface area (Å²) in [6, 6.07) is 9.50. The molecule has 0 bridgehead atoms. The maximum atomic E-state index is 12.6. The maximum Gasteiger partial charge on any atom is 0.274 e. The number of fused-ring (bicyclic) bond motifs is 1. The van der Waals surface area contributed by atoms with Gasteiger partial charge < -0.3 is 74.1 Å². The first-order valence-corrected chi connectivity index (χ1v) is 23.9. The number of nitrogens with one attached hydrogen (secondary N) is 2. The summed E-state index contributed by atoms with van der Waals surface area (Å²) in [5.74, 6) is -1.39. The number of phosphoric ester groups is 3. The van der Waals surface area contributed by atoms with Crippen molar-refractivity contribution in [3.8, 4) is 0 Å². The molecule has 3 aromatic rings. The molecule has 2 amide bonds. The van der Waals surface area contributed by atoms with Crippen LogP contribution in [0.15, 0.2) is 43.0 Å². The number of aromatic nitrogens is 4. The van der Waals surface area contributed by atoms with E-state index >= 15 is 0 Å². The van der Waals surface area contributed by atoms with Crippen LogP contribution in [0.5, 0.6) is 0 Å². The first kappa shape index (κ1) is 51.4. The third-order valence-corrected chi connectivity index (χ3v) is 13.1. The number of anilines is 1. The zero-order chi connectivity index (χ0) is 46.1. The molecule has 1 fully saturated rings. The van der Waals surface area contributed by atoms with Gasteiger partial charge in [0.2, 0.25) is 11.8 Å². The average molecular weight is 954 g/mol. The lowest BCUT2D eigenvalue weighted by Gasteiger charge is -2.36. The molecule has 0 radical (unpaired) electrons. The van der Waals surface area contributed by atoms with Crippen molar-refractivity contribution < 1.29 is 85.6 Å². The summed E-state index contributed by atoms with van der Waals surface area (Å²) >= 11 is 0.948. The van der Waals surface area contributed by atoms with Crippen LogP contribution < -0.4 is 35.9 Å². The first-order chi connectivity index (χ1) is 28.8. The molecule has 1 saturated heterocycles. The number of amides is 2. The van der Waals surface area contributed by atoms with E-state index in [9.17, 15) is 63.0 Å². The van der Waals surface area contributed by atoms with Gasteiger partial charge in [-0.1, -0.05) is 55.9 Å². The van der Waals surface area contributed by atoms with E-state index in [1.807, 2.05) is 30.3 Å². The fraction of sp³-hybridized carbons (Fsp3) is 0.576. The van der Waals surface area contributed by atoms with Crippen molar-refractivity contribution in [3.63, 3.8) is 0 Å². The fourth-order valence-corrected chi connectivity index (χ4v) is 9.38. The second-order valence-corrected chi connectivity index (χ2v) is 19.9. The molecule has 4 rings (SSSR count). The largest absolute Gasteiger partial charge is 0.790 e. The summed E-state index contributed by atoms with van der Waals surface area (Å²) in [6.45, 7) is 1.09. The summed E-state index contributed by atoms with van der Waals surface area (Å²) in [4.78, 5) is 97.0. The number of nitrogens with two attached hydrogens (primary N) is 1. The maximum absolute atomic E-state index is 12.6. The van der Waals surface area contributed by atoms with Crippen molar-refractivity contribution in [2.75, 3.05) is 37.8 Å². The van der Waals surface area contributed by atoms with Gasteiger partial charge in [0.25, 0.3) is 15.6 Å². The molecule has 8 unspecified atom stereocenters. The molecule has 62 heavy (non-hydrogen) atoms. The standard InChI is InChI=1S/C33H50N7O18P3S/c1-32(2,28(45)31(46)36-12-11-23(42)35-13-14-62-24(43)15-21(41)10-9-20-7-5-4-6-8-20)17-55-61(52,53)58-60(50,51)54-16-22-26(57-59(47,48)49)27(44)33(3,56-22)40-19-39-25-29(34)37-18-38-30(25)40/h4-8,18-19,21-22,26-28,41,44-45H,9-17H2,1-3H3,(H,35,42)(H,36,46)(H,50,51)(H,52,53)(H2,34,37,38)(H2,47,48,49)/p-4. The number of carbonyl (C=O) groups is 3. The van der Waals surface area contributed by atoms with Crippen LogP contribution in [0.2, 0.25) is 0 Å². The molecule has 3 heterocycles. The number of benzene rings is 1. The lowest BCUT2D eigenvalue weighted by molar-refractivity contribution is -0.347. The van der Waals surface area contributed by atoms with Gasteiger partial charge >= 0.3 is 0 Å². The first-order valence-electron chi connectivity index (χ1n) is 18.6. The number of hydrogen-bond donors (Lipinski definition) is 6. The van der Waals surface area contributed by atoms with Gasteiger partial charge in [-0.15, -0.1) is 0 Å². The van der Waals surface area contributed by atoms with E-state index in [4.69, 9.17) is 10.5 Å². The second kappa shape index (κ2) is 21.6. The van der Waals surface area contributed by atoms with E-state index in [1.54, 1.807) is 0 Å². The summed E-state index contributed by atoms with van der Waals surface area (Å²) in [6.07, 6.45) is -5.99. The van der Waals surface area contributed by atoms with Gasteiger partial charge in [-0.25, -0.2) is 19.3 Å². The summed E-state index contributed by atoms with van der Waals surface area (Å²) in [7, 11) is -17.7.